The lowest BCUT2D eigenvalue weighted by Gasteiger charge is -2.11. The summed E-state index contributed by atoms with van der Waals surface area (Å²) in [6, 6.07) is 8.54. The van der Waals surface area contributed by atoms with Crippen molar-refractivity contribution in [1.82, 2.24) is 4.98 Å². The third-order valence-corrected chi connectivity index (χ3v) is 3.23. The zero-order chi connectivity index (χ0) is 14.3. The van der Waals surface area contributed by atoms with Gasteiger partial charge in [-0.25, -0.2) is 8.78 Å². The summed E-state index contributed by atoms with van der Waals surface area (Å²) in [6.07, 6.45) is 1.57. The zero-order valence-corrected chi connectivity index (χ0v) is 10.7. The van der Waals surface area contributed by atoms with E-state index in [2.05, 4.69) is 4.98 Å². The second-order valence-electron chi connectivity index (χ2n) is 4.65. The lowest BCUT2D eigenvalue weighted by atomic mass is 9.88. The van der Waals surface area contributed by atoms with Crippen LogP contribution in [-0.4, -0.2) is 17.9 Å². The Labute approximate surface area is 115 Å². The molecule has 0 aliphatic carbocycles. The van der Waals surface area contributed by atoms with Crippen LogP contribution in [0.1, 0.15) is 0 Å². The molecule has 0 radical (unpaired) electrons. The molecule has 1 N–H and O–H groups in total. The summed E-state index contributed by atoms with van der Waals surface area (Å²) in [5, 5.41) is 10.7. The first-order valence-electron chi connectivity index (χ1n) is 6.10. The smallest absolute Gasteiger partial charge is 0.144 e. The molecule has 3 rings (SSSR count). The Morgan fingerprint density at radius 1 is 1.05 bits per heavy atom. The molecule has 0 saturated carbocycles. The van der Waals surface area contributed by atoms with Crippen LogP contribution in [0.5, 0.6) is 5.75 Å². The Bertz CT molecular complexity index is 800. The third-order valence-electron chi connectivity index (χ3n) is 3.23. The molecule has 0 aliphatic rings. The summed E-state index contributed by atoms with van der Waals surface area (Å²) in [7, 11) is 1.72. The van der Waals surface area contributed by atoms with E-state index in [4.69, 9.17) is 0 Å². The van der Waals surface area contributed by atoms with Crippen LogP contribution >= 0.6 is 0 Å². The summed E-state index contributed by atoms with van der Waals surface area (Å²) in [4.78, 5) is 4.14. The van der Waals surface area contributed by atoms with E-state index in [1.807, 2.05) is 0 Å². The highest BCUT2D eigenvalue weighted by Gasteiger charge is 2.12. The van der Waals surface area contributed by atoms with Crippen molar-refractivity contribution in [2.45, 2.75) is 0 Å². The molecule has 0 unspecified atom stereocenters. The standard InChI is InChI=1S/C15H10BF2NO/c16-13-7-12(8-4-9(17)6-10(18)5-8)11-2-1-3-19-14(11)15(13)20/h1-7,20H,16H2. The van der Waals surface area contributed by atoms with Crippen molar-refractivity contribution in [3.05, 3.63) is 54.2 Å². The maximum atomic E-state index is 13.4. The van der Waals surface area contributed by atoms with Crippen molar-refractivity contribution in [3.8, 4) is 16.9 Å². The van der Waals surface area contributed by atoms with Gasteiger partial charge in [-0.2, -0.15) is 0 Å². The number of benzene rings is 2. The van der Waals surface area contributed by atoms with Gasteiger partial charge in [0.1, 0.15) is 30.7 Å². The predicted molar refractivity (Wildman–Crippen MR) is 76.9 cm³/mol. The van der Waals surface area contributed by atoms with E-state index in [1.54, 1.807) is 32.2 Å². The number of hydrogen-bond acceptors (Lipinski definition) is 2. The van der Waals surface area contributed by atoms with Crippen molar-refractivity contribution < 1.29 is 13.9 Å². The number of fused-ring (bicyclic) bond motifs is 1. The summed E-state index contributed by atoms with van der Waals surface area (Å²) < 4.78 is 26.8. The molecule has 20 heavy (non-hydrogen) atoms. The molecule has 0 aliphatic heterocycles. The molecule has 1 heterocycles. The van der Waals surface area contributed by atoms with Crippen molar-refractivity contribution in [2.75, 3.05) is 0 Å². The molecule has 5 heteroatoms. The Balaban J connectivity index is 2.39. The van der Waals surface area contributed by atoms with E-state index < -0.39 is 11.6 Å². The molecule has 0 fully saturated rings. The number of phenolic OH excluding ortho intramolecular Hbond substituents is 1. The second kappa shape index (κ2) is 4.60. The van der Waals surface area contributed by atoms with Crippen molar-refractivity contribution >= 4 is 24.2 Å². The number of aromatic nitrogens is 1. The normalized spacial score (nSPS) is 10.9. The van der Waals surface area contributed by atoms with Gasteiger partial charge in [-0.05, 0) is 34.8 Å². The van der Waals surface area contributed by atoms with Gasteiger partial charge in [-0.3, -0.25) is 4.98 Å². The highest BCUT2D eigenvalue weighted by Crippen LogP contribution is 2.31. The van der Waals surface area contributed by atoms with E-state index in [1.165, 1.54) is 12.1 Å². The van der Waals surface area contributed by atoms with Crippen LogP contribution in [0.4, 0.5) is 8.78 Å². The van der Waals surface area contributed by atoms with Gasteiger partial charge in [0.2, 0.25) is 0 Å². The van der Waals surface area contributed by atoms with Crippen LogP contribution in [0.25, 0.3) is 22.0 Å². The number of hydrogen-bond donors (Lipinski definition) is 1. The average molecular weight is 269 g/mol. The van der Waals surface area contributed by atoms with Gasteiger partial charge in [0.05, 0.1) is 0 Å². The quantitative estimate of drug-likeness (QED) is 0.686. The summed E-state index contributed by atoms with van der Waals surface area (Å²) >= 11 is 0. The number of aromatic hydroxyl groups is 1. The first-order valence-corrected chi connectivity index (χ1v) is 6.10. The van der Waals surface area contributed by atoms with Gasteiger partial charge < -0.3 is 5.11 Å². The first kappa shape index (κ1) is 12.6. The third kappa shape index (κ3) is 2.01. The summed E-state index contributed by atoms with van der Waals surface area (Å²) in [5.41, 5.74) is 2.09. The van der Waals surface area contributed by atoms with Crippen molar-refractivity contribution in [3.63, 3.8) is 0 Å². The molecule has 0 saturated heterocycles. The van der Waals surface area contributed by atoms with Crippen LogP contribution in [0.3, 0.4) is 0 Å². The maximum absolute atomic E-state index is 13.4. The number of halogens is 2. The van der Waals surface area contributed by atoms with Crippen molar-refractivity contribution in [1.29, 1.82) is 0 Å². The molecule has 0 bridgehead atoms. The van der Waals surface area contributed by atoms with Crippen molar-refractivity contribution in [2.24, 2.45) is 0 Å². The minimum atomic E-state index is -0.636. The highest BCUT2D eigenvalue weighted by molar-refractivity contribution is 6.36. The van der Waals surface area contributed by atoms with E-state index in [0.29, 0.717) is 27.5 Å². The van der Waals surface area contributed by atoms with E-state index in [-0.39, 0.29) is 5.75 Å². The number of pyridine rings is 1. The largest absolute Gasteiger partial charge is 0.506 e. The van der Waals surface area contributed by atoms with Gasteiger partial charge in [-0.1, -0.05) is 12.1 Å². The van der Waals surface area contributed by atoms with Gasteiger partial charge in [-0.15, -0.1) is 0 Å². The second-order valence-corrected chi connectivity index (χ2v) is 4.65. The minimum Gasteiger partial charge on any atom is -0.506 e. The molecule has 1 aromatic heterocycles. The first-order chi connectivity index (χ1) is 9.56. The molecular formula is C15H10BF2NO. The van der Waals surface area contributed by atoms with Gasteiger partial charge in [0, 0.05) is 17.6 Å². The monoisotopic (exact) mass is 269 g/mol. The molecular weight excluding hydrogens is 259 g/mol. The van der Waals surface area contributed by atoms with Gasteiger partial charge >= 0.3 is 0 Å². The Kier molecular flexibility index (Phi) is 2.90. The highest BCUT2D eigenvalue weighted by atomic mass is 19.1. The number of phenols is 1. The predicted octanol–water partition coefficient (Wildman–Crippen LogP) is 2.14. The van der Waals surface area contributed by atoms with Gasteiger partial charge in [0.25, 0.3) is 0 Å². The fourth-order valence-corrected chi connectivity index (χ4v) is 2.31. The fourth-order valence-electron chi connectivity index (χ4n) is 2.31. The Morgan fingerprint density at radius 3 is 2.45 bits per heavy atom. The van der Waals surface area contributed by atoms with Crippen LogP contribution in [0, 0.1) is 11.6 Å². The molecule has 0 amide bonds. The number of rotatable bonds is 1. The zero-order valence-electron chi connectivity index (χ0n) is 10.7. The number of nitrogens with zero attached hydrogens (tertiary/aromatic N) is 1. The Hall–Kier alpha value is -2.43. The summed E-state index contributed by atoms with van der Waals surface area (Å²) in [6.45, 7) is 0. The lowest BCUT2D eigenvalue weighted by Crippen LogP contribution is -2.05. The minimum absolute atomic E-state index is 0.0845. The molecule has 0 spiro atoms. The van der Waals surface area contributed by atoms with Gasteiger partial charge in [0.15, 0.2) is 0 Å². The van der Waals surface area contributed by atoms with Crippen LogP contribution in [-0.2, 0) is 0 Å². The SMILES string of the molecule is Bc1cc(-c2cc(F)cc(F)c2)c2cccnc2c1O. The fraction of sp³-hybridized carbons (Fsp3) is 0. The molecule has 2 aromatic carbocycles. The molecule has 98 valence electrons. The van der Waals surface area contributed by atoms with E-state index >= 15 is 0 Å². The van der Waals surface area contributed by atoms with E-state index in [9.17, 15) is 13.9 Å². The Morgan fingerprint density at radius 2 is 1.75 bits per heavy atom. The molecule has 2 nitrogen and oxygen atoms in total. The van der Waals surface area contributed by atoms with Crippen LogP contribution in [0.15, 0.2) is 42.6 Å². The maximum Gasteiger partial charge on any atom is 0.144 e. The molecule has 3 aromatic rings. The van der Waals surface area contributed by atoms with Crippen LogP contribution in [0.2, 0.25) is 0 Å². The average Bonchev–Trinajstić information content (AvgIpc) is 2.42. The van der Waals surface area contributed by atoms with Crippen LogP contribution < -0.4 is 5.46 Å². The lowest BCUT2D eigenvalue weighted by molar-refractivity contribution is 0.484. The summed E-state index contributed by atoms with van der Waals surface area (Å²) in [5.74, 6) is -1.19. The van der Waals surface area contributed by atoms with E-state index in [0.717, 1.165) is 6.07 Å². The molecule has 0 atom stereocenters. The topological polar surface area (TPSA) is 33.1 Å².